The van der Waals surface area contributed by atoms with Crippen LogP contribution in [0.3, 0.4) is 0 Å². The number of likely N-dealkylation sites (tertiary alicyclic amines) is 1. The SMILES string of the molecule is CCN1CCCC1Cc1nc2n(n1)CCC(C(=O)O)C2. The van der Waals surface area contributed by atoms with Crippen LogP contribution < -0.4 is 0 Å². The number of carbonyl (C=O) groups is 1. The highest BCUT2D eigenvalue weighted by molar-refractivity contribution is 5.70. The van der Waals surface area contributed by atoms with E-state index in [0.717, 1.165) is 24.6 Å². The Morgan fingerprint density at radius 2 is 2.25 bits per heavy atom. The summed E-state index contributed by atoms with van der Waals surface area (Å²) in [5.74, 6) is 0.725. The molecule has 2 atom stereocenters. The van der Waals surface area contributed by atoms with Crippen LogP contribution in [-0.4, -0.2) is 49.9 Å². The number of nitrogens with zero attached hydrogens (tertiary/aromatic N) is 4. The molecule has 0 radical (unpaired) electrons. The Hall–Kier alpha value is -1.43. The summed E-state index contributed by atoms with van der Waals surface area (Å²) in [7, 11) is 0. The molecule has 1 N–H and O–H groups in total. The van der Waals surface area contributed by atoms with Crippen molar-refractivity contribution in [2.75, 3.05) is 13.1 Å². The summed E-state index contributed by atoms with van der Waals surface area (Å²) in [6, 6.07) is 0.555. The molecule has 6 nitrogen and oxygen atoms in total. The zero-order chi connectivity index (χ0) is 14.1. The fourth-order valence-electron chi connectivity index (χ4n) is 3.41. The van der Waals surface area contributed by atoms with Gasteiger partial charge < -0.3 is 10.0 Å². The highest BCUT2D eigenvalue weighted by atomic mass is 16.4. The molecular weight excluding hydrogens is 256 g/mol. The van der Waals surface area contributed by atoms with Gasteiger partial charge >= 0.3 is 5.97 Å². The Bertz CT molecular complexity index is 499. The molecule has 3 rings (SSSR count). The second kappa shape index (κ2) is 5.52. The highest BCUT2D eigenvalue weighted by Gasteiger charge is 2.29. The van der Waals surface area contributed by atoms with Crippen molar-refractivity contribution in [2.24, 2.45) is 5.92 Å². The van der Waals surface area contributed by atoms with Crippen LogP contribution in [0, 0.1) is 5.92 Å². The largest absolute Gasteiger partial charge is 0.481 e. The van der Waals surface area contributed by atoms with Crippen molar-refractivity contribution in [2.45, 2.75) is 51.6 Å². The van der Waals surface area contributed by atoms with E-state index in [-0.39, 0.29) is 5.92 Å². The first-order valence-corrected chi connectivity index (χ1v) is 7.56. The van der Waals surface area contributed by atoms with Gasteiger partial charge in [0.1, 0.15) is 5.82 Å². The highest BCUT2D eigenvalue weighted by Crippen LogP contribution is 2.22. The van der Waals surface area contributed by atoms with Crippen LogP contribution >= 0.6 is 0 Å². The summed E-state index contributed by atoms with van der Waals surface area (Å²) in [6.45, 7) is 5.14. The number of carboxylic acid groups (broad SMARTS) is 1. The summed E-state index contributed by atoms with van der Waals surface area (Å²) in [6.07, 6.45) is 4.55. The van der Waals surface area contributed by atoms with Crippen LogP contribution in [-0.2, 0) is 24.2 Å². The van der Waals surface area contributed by atoms with Crippen molar-refractivity contribution in [3.8, 4) is 0 Å². The van der Waals surface area contributed by atoms with E-state index < -0.39 is 5.97 Å². The van der Waals surface area contributed by atoms with Gasteiger partial charge in [-0.3, -0.25) is 4.79 Å². The first kappa shape index (κ1) is 13.5. The molecule has 1 saturated heterocycles. The molecule has 20 heavy (non-hydrogen) atoms. The van der Waals surface area contributed by atoms with E-state index in [1.54, 1.807) is 0 Å². The molecule has 0 aromatic carbocycles. The number of fused-ring (bicyclic) bond motifs is 1. The standard InChI is InChI=1S/C14H22N4O2/c1-2-17-6-3-4-11(17)9-12-15-13-8-10(14(19)20)5-7-18(13)16-12/h10-11H,2-9H2,1H3,(H,19,20). The summed E-state index contributed by atoms with van der Waals surface area (Å²) in [5.41, 5.74) is 0. The Morgan fingerprint density at radius 3 is 3.00 bits per heavy atom. The number of carboxylic acids is 1. The number of likely N-dealkylation sites (N-methyl/N-ethyl adjacent to an activating group) is 1. The molecule has 0 amide bonds. The molecule has 2 unspecified atom stereocenters. The van der Waals surface area contributed by atoms with Crippen LogP contribution in [0.4, 0.5) is 0 Å². The second-order valence-corrected chi connectivity index (χ2v) is 5.82. The molecule has 1 fully saturated rings. The number of rotatable bonds is 4. The third kappa shape index (κ3) is 2.57. The van der Waals surface area contributed by atoms with Crippen molar-refractivity contribution in [3.63, 3.8) is 0 Å². The van der Waals surface area contributed by atoms with Gasteiger partial charge in [-0.25, -0.2) is 9.67 Å². The van der Waals surface area contributed by atoms with Crippen LogP contribution in [0.2, 0.25) is 0 Å². The van der Waals surface area contributed by atoms with E-state index in [4.69, 9.17) is 5.11 Å². The summed E-state index contributed by atoms with van der Waals surface area (Å²) in [5, 5.41) is 13.7. The molecule has 2 aliphatic rings. The molecule has 3 heterocycles. The van der Waals surface area contributed by atoms with Crippen LogP contribution in [0.15, 0.2) is 0 Å². The lowest BCUT2D eigenvalue weighted by atomic mass is 9.98. The monoisotopic (exact) mass is 278 g/mol. The van der Waals surface area contributed by atoms with E-state index in [9.17, 15) is 4.79 Å². The Kier molecular flexibility index (Phi) is 3.74. The van der Waals surface area contributed by atoms with Gasteiger partial charge in [-0.2, -0.15) is 5.10 Å². The van der Waals surface area contributed by atoms with Gasteiger partial charge in [0.05, 0.1) is 5.92 Å². The Morgan fingerprint density at radius 1 is 1.40 bits per heavy atom. The number of hydrogen-bond acceptors (Lipinski definition) is 4. The molecular formula is C14H22N4O2. The lowest BCUT2D eigenvalue weighted by Crippen LogP contribution is -2.31. The van der Waals surface area contributed by atoms with Gasteiger partial charge in [0.25, 0.3) is 0 Å². The Balaban J connectivity index is 1.69. The lowest BCUT2D eigenvalue weighted by Gasteiger charge is -2.21. The lowest BCUT2D eigenvalue weighted by molar-refractivity contribution is -0.142. The van der Waals surface area contributed by atoms with Crippen molar-refractivity contribution < 1.29 is 9.90 Å². The maximum absolute atomic E-state index is 11.1. The molecule has 1 aromatic rings. The molecule has 0 aliphatic carbocycles. The molecule has 6 heteroatoms. The minimum atomic E-state index is -0.714. The second-order valence-electron chi connectivity index (χ2n) is 5.82. The van der Waals surface area contributed by atoms with Crippen molar-refractivity contribution in [1.82, 2.24) is 19.7 Å². The van der Waals surface area contributed by atoms with Crippen LogP contribution in [0.25, 0.3) is 0 Å². The predicted octanol–water partition coefficient (Wildman–Crippen LogP) is 0.952. The molecule has 2 aliphatic heterocycles. The number of aryl methyl sites for hydroxylation is 1. The molecule has 110 valence electrons. The smallest absolute Gasteiger partial charge is 0.307 e. The van der Waals surface area contributed by atoms with Gasteiger partial charge in [0, 0.05) is 25.4 Å². The van der Waals surface area contributed by atoms with E-state index in [0.29, 0.717) is 25.4 Å². The van der Waals surface area contributed by atoms with Gasteiger partial charge in [-0.05, 0) is 32.4 Å². The van der Waals surface area contributed by atoms with Crippen LogP contribution in [0.5, 0.6) is 0 Å². The van der Waals surface area contributed by atoms with Crippen molar-refractivity contribution in [1.29, 1.82) is 0 Å². The first-order chi connectivity index (χ1) is 9.67. The van der Waals surface area contributed by atoms with Crippen molar-refractivity contribution >= 4 is 5.97 Å². The first-order valence-electron chi connectivity index (χ1n) is 7.56. The summed E-state index contributed by atoms with van der Waals surface area (Å²) in [4.78, 5) is 18.1. The fraction of sp³-hybridized carbons (Fsp3) is 0.786. The number of aliphatic carboxylic acids is 1. The Labute approximate surface area is 118 Å². The van der Waals surface area contributed by atoms with Gasteiger partial charge in [0.15, 0.2) is 5.82 Å². The average molecular weight is 278 g/mol. The minimum absolute atomic E-state index is 0.293. The third-order valence-corrected chi connectivity index (χ3v) is 4.58. The van der Waals surface area contributed by atoms with Gasteiger partial charge in [-0.15, -0.1) is 0 Å². The molecule has 0 bridgehead atoms. The number of hydrogen-bond donors (Lipinski definition) is 1. The zero-order valence-corrected chi connectivity index (χ0v) is 12.0. The summed E-state index contributed by atoms with van der Waals surface area (Å²) >= 11 is 0. The topological polar surface area (TPSA) is 71.2 Å². The third-order valence-electron chi connectivity index (χ3n) is 4.58. The predicted molar refractivity (Wildman–Crippen MR) is 73.4 cm³/mol. The van der Waals surface area contributed by atoms with E-state index in [1.165, 1.54) is 19.4 Å². The van der Waals surface area contributed by atoms with E-state index in [2.05, 4.69) is 21.9 Å². The number of aromatic nitrogens is 3. The van der Waals surface area contributed by atoms with Crippen LogP contribution in [0.1, 0.15) is 37.8 Å². The normalized spacial score (nSPS) is 26.6. The zero-order valence-electron chi connectivity index (χ0n) is 12.0. The minimum Gasteiger partial charge on any atom is -0.481 e. The van der Waals surface area contributed by atoms with E-state index >= 15 is 0 Å². The fourth-order valence-corrected chi connectivity index (χ4v) is 3.41. The maximum Gasteiger partial charge on any atom is 0.307 e. The quantitative estimate of drug-likeness (QED) is 0.888. The van der Waals surface area contributed by atoms with E-state index in [1.807, 2.05) is 4.68 Å². The van der Waals surface area contributed by atoms with Gasteiger partial charge in [-0.1, -0.05) is 6.92 Å². The average Bonchev–Trinajstić information content (AvgIpc) is 3.03. The van der Waals surface area contributed by atoms with Crippen molar-refractivity contribution in [3.05, 3.63) is 11.6 Å². The maximum atomic E-state index is 11.1. The summed E-state index contributed by atoms with van der Waals surface area (Å²) < 4.78 is 1.90. The molecule has 0 spiro atoms. The molecule has 0 saturated carbocycles. The molecule has 1 aromatic heterocycles. The van der Waals surface area contributed by atoms with Gasteiger partial charge in [0.2, 0.25) is 0 Å².